The molecule has 23 heavy (non-hydrogen) atoms. The smallest absolute Gasteiger partial charge is 0.268 e. The lowest BCUT2D eigenvalue weighted by atomic mass is 10.1. The highest BCUT2D eigenvalue weighted by Gasteiger charge is 2.16. The molecular weight excluding hydrogens is 292 g/mol. The van der Waals surface area contributed by atoms with Gasteiger partial charge in [0.15, 0.2) is 0 Å². The molecule has 0 spiro atoms. The van der Waals surface area contributed by atoms with Crippen LogP contribution in [-0.2, 0) is 7.05 Å². The van der Waals surface area contributed by atoms with Crippen molar-refractivity contribution >= 4 is 16.7 Å². The van der Waals surface area contributed by atoms with E-state index in [9.17, 15) is 9.59 Å². The molecule has 2 N–H and O–H groups in total. The Morgan fingerprint density at radius 2 is 2.09 bits per heavy atom. The molecule has 0 saturated heterocycles. The largest absolute Gasteiger partial charge is 0.344 e. The molecule has 2 aromatic heterocycles. The maximum atomic E-state index is 12.4. The Kier molecular flexibility index (Phi) is 3.73. The van der Waals surface area contributed by atoms with Gasteiger partial charge in [-0.25, -0.2) is 0 Å². The molecule has 0 saturated carbocycles. The minimum atomic E-state index is -0.316. The van der Waals surface area contributed by atoms with E-state index in [1.807, 2.05) is 33.0 Å². The van der Waals surface area contributed by atoms with E-state index in [2.05, 4.69) is 15.4 Å². The summed E-state index contributed by atoms with van der Waals surface area (Å²) >= 11 is 0. The molecule has 0 bridgehead atoms. The quantitative estimate of drug-likeness (QED) is 0.777. The molecule has 0 fully saturated rings. The molecular formula is C17H18N4O2. The monoisotopic (exact) mass is 310 g/mol. The molecule has 6 heteroatoms. The van der Waals surface area contributed by atoms with Crippen molar-refractivity contribution in [2.75, 3.05) is 0 Å². The van der Waals surface area contributed by atoms with Crippen molar-refractivity contribution in [3.8, 4) is 0 Å². The first-order valence-electron chi connectivity index (χ1n) is 7.39. The molecule has 3 rings (SSSR count). The summed E-state index contributed by atoms with van der Waals surface area (Å²) in [5.74, 6) is -0.316. The van der Waals surface area contributed by atoms with E-state index in [1.54, 1.807) is 29.1 Å². The van der Waals surface area contributed by atoms with Crippen molar-refractivity contribution < 1.29 is 4.79 Å². The first-order chi connectivity index (χ1) is 11.0. The second kappa shape index (κ2) is 5.72. The summed E-state index contributed by atoms with van der Waals surface area (Å²) in [6.45, 7) is 3.84. The van der Waals surface area contributed by atoms with Crippen LogP contribution >= 0.6 is 0 Å². The molecule has 0 aliphatic rings. The van der Waals surface area contributed by atoms with E-state index in [1.165, 1.54) is 0 Å². The number of aryl methyl sites for hydroxylation is 1. The minimum Gasteiger partial charge on any atom is -0.344 e. The van der Waals surface area contributed by atoms with Gasteiger partial charge in [-0.05, 0) is 31.4 Å². The lowest BCUT2D eigenvalue weighted by Crippen LogP contribution is -2.29. The Labute approximate surface area is 133 Å². The lowest BCUT2D eigenvalue weighted by Gasteiger charge is -2.14. The molecule has 2 heterocycles. The number of amides is 1. The number of nitrogens with zero attached hydrogens (tertiary/aromatic N) is 2. The Bertz CT molecular complexity index is 939. The molecule has 3 aromatic rings. The van der Waals surface area contributed by atoms with E-state index in [-0.39, 0.29) is 23.2 Å². The number of hydrogen-bond donors (Lipinski definition) is 2. The van der Waals surface area contributed by atoms with Crippen LogP contribution in [0.25, 0.3) is 10.8 Å². The van der Waals surface area contributed by atoms with Crippen LogP contribution in [0.5, 0.6) is 0 Å². The van der Waals surface area contributed by atoms with Crippen LogP contribution in [0, 0.1) is 6.92 Å². The normalized spacial score (nSPS) is 12.3. The van der Waals surface area contributed by atoms with Crippen molar-refractivity contribution in [3.63, 3.8) is 0 Å². The van der Waals surface area contributed by atoms with Gasteiger partial charge in [0.2, 0.25) is 0 Å². The number of fused-ring (bicyclic) bond motifs is 1. The van der Waals surface area contributed by atoms with Crippen LogP contribution < -0.4 is 10.9 Å². The molecule has 0 aliphatic heterocycles. The number of aromatic amines is 1. The van der Waals surface area contributed by atoms with Gasteiger partial charge < -0.3 is 10.3 Å². The van der Waals surface area contributed by atoms with Crippen LogP contribution in [0.1, 0.15) is 34.7 Å². The van der Waals surface area contributed by atoms with Crippen molar-refractivity contribution in [2.45, 2.75) is 19.9 Å². The number of H-pyrrole nitrogens is 1. The van der Waals surface area contributed by atoms with Gasteiger partial charge in [0.1, 0.15) is 5.69 Å². The van der Waals surface area contributed by atoms with E-state index >= 15 is 0 Å². The van der Waals surface area contributed by atoms with Gasteiger partial charge in [0, 0.05) is 23.7 Å². The Balaban J connectivity index is 1.89. The second-order valence-electron chi connectivity index (χ2n) is 5.60. The molecule has 0 unspecified atom stereocenters. The molecule has 118 valence electrons. The lowest BCUT2D eigenvalue weighted by molar-refractivity contribution is 0.0934. The zero-order valence-electron chi connectivity index (χ0n) is 13.3. The Hall–Kier alpha value is -2.89. The summed E-state index contributed by atoms with van der Waals surface area (Å²) < 4.78 is 1.76. The highest BCUT2D eigenvalue weighted by Crippen LogP contribution is 2.17. The number of nitrogens with one attached hydrogen (secondary N) is 2. The highest BCUT2D eigenvalue weighted by atomic mass is 16.2. The fourth-order valence-electron chi connectivity index (χ4n) is 2.63. The minimum absolute atomic E-state index is 0.203. The predicted molar refractivity (Wildman–Crippen MR) is 88.4 cm³/mol. The van der Waals surface area contributed by atoms with Gasteiger partial charge >= 0.3 is 0 Å². The third-order valence-corrected chi connectivity index (χ3v) is 4.09. The first-order valence-corrected chi connectivity index (χ1v) is 7.39. The number of benzene rings is 1. The molecule has 0 aliphatic carbocycles. The van der Waals surface area contributed by atoms with Crippen molar-refractivity contribution in [1.29, 1.82) is 0 Å². The third kappa shape index (κ3) is 2.75. The summed E-state index contributed by atoms with van der Waals surface area (Å²) in [6.07, 6.45) is 1.74. The predicted octanol–water partition coefficient (Wildman–Crippen LogP) is 2.06. The van der Waals surface area contributed by atoms with Crippen molar-refractivity contribution in [2.24, 2.45) is 7.05 Å². The van der Waals surface area contributed by atoms with Gasteiger partial charge in [0.25, 0.3) is 11.5 Å². The van der Waals surface area contributed by atoms with E-state index in [0.717, 1.165) is 16.6 Å². The molecule has 0 radical (unpaired) electrons. The molecule has 1 atom stereocenters. The summed E-state index contributed by atoms with van der Waals surface area (Å²) in [6, 6.07) is 8.67. The van der Waals surface area contributed by atoms with Crippen LogP contribution in [0.3, 0.4) is 0 Å². The number of carbonyl (C=O) groups is 1. The maximum absolute atomic E-state index is 12.4. The molecule has 1 aromatic carbocycles. The van der Waals surface area contributed by atoms with E-state index in [0.29, 0.717) is 5.39 Å². The summed E-state index contributed by atoms with van der Waals surface area (Å²) in [5.41, 5.74) is 1.93. The van der Waals surface area contributed by atoms with Gasteiger partial charge in [-0.1, -0.05) is 18.2 Å². The fraction of sp³-hybridized carbons (Fsp3) is 0.235. The number of pyridine rings is 1. The Morgan fingerprint density at radius 3 is 2.78 bits per heavy atom. The third-order valence-electron chi connectivity index (χ3n) is 4.09. The Morgan fingerprint density at radius 1 is 1.35 bits per heavy atom. The van der Waals surface area contributed by atoms with E-state index in [4.69, 9.17) is 0 Å². The van der Waals surface area contributed by atoms with Gasteiger partial charge in [-0.3, -0.25) is 14.3 Å². The van der Waals surface area contributed by atoms with Gasteiger partial charge in [0.05, 0.1) is 12.2 Å². The van der Waals surface area contributed by atoms with Crippen molar-refractivity contribution in [3.05, 3.63) is 63.8 Å². The highest BCUT2D eigenvalue weighted by molar-refractivity contribution is 5.96. The molecule has 6 nitrogen and oxygen atoms in total. The van der Waals surface area contributed by atoms with Crippen LogP contribution in [0.4, 0.5) is 0 Å². The van der Waals surface area contributed by atoms with E-state index < -0.39 is 0 Å². The second-order valence-corrected chi connectivity index (χ2v) is 5.60. The summed E-state index contributed by atoms with van der Waals surface area (Å²) in [4.78, 5) is 27.1. The average molecular weight is 310 g/mol. The average Bonchev–Trinajstić information content (AvgIpc) is 2.87. The number of hydrogen-bond acceptors (Lipinski definition) is 3. The zero-order chi connectivity index (χ0) is 16.6. The fourth-order valence-corrected chi connectivity index (χ4v) is 2.63. The maximum Gasteiger partial charge on any atom is 0.268 e. The number of carbonyl (C=O) groups excluding carboxylic acids is 1. The molecule has 1 amide bonds. The standard InChI is InChI=1S/C17H18N4O2/c1-10(14-9-18-21(3)11(14)2)19-17(23)15-8-12-6-4-5-7-13(12)16(22)20-15/h4-10H,1-3H3,(H,19,23)(H,20,22)/t10-/m0/s1. The SMILES string of the molecule is Cc1c([C@H](C)NC(=O)c2cc3ccccc3c(=O)[nH]2)cnn1C. The number of rotatable bonds is 3. The number of aromatic nitrogens is 3. The van der Waals surface area contributed by atoms with Crippen molar-refractivity contribution in [1.82, 2.24) is 20.1 Å². The van der Waals surface area contributed by atoms with Gasteiger partial charge in [-0.15, -0.1) is 0 Å². The van der Waals surface area contributed by atoms with Crippen LogP contribution in [-0.4, -0.2) is 20.7 Å². The first kappa shape index (κ1) is 15.0. The van der Waals surface area contributed by atoms with Crippen LogP contribution in [0.2, 0.25) is 0 Å². The van der Waals surface area contributed by atoms with Gasteiger partial charge in [-0.2, -0.15) is 5.10 Å². The van der Waals surface area contributed by atoms with Crippen LogP contribution in [0.15, 0.2) is 41.3 Å². The summed E-state index contributed by atoms with van der Waals surface area (Å²) in [5, 5.41) is 8.39. The zero-order valence-corrected chi connectivity index (χ0v) is 13.3. The topological polar surface area (TPSA) is 79.8 Å². The summed E-state index contributed by atoms with van der Waals surface area (Å²) in [7, 11) is 1.86.